The van der Waals surface area contributed by atoms with Gasteiger partial charge in [-0.2, -0.15) is 24.9 Å². The molecular formula is C13H18F3IN4OS. The van der Waals surface area contributed by atoms with E-state index in [0.717, 1.165) is 24.6 Å². The Morgan fingerprint density at radius 3 is 2.74 bits per heavy atom. The van der Waals surface area contributed by atoms with Crippen molar-refractivity contribution in [3.05, 3.63) is 23.9 Å². The summed E-state index contributed by atoms with van der Waals surface area (Å²) >= 11 is 1.85. The number of alkyl halides is 3. The summed E-state index contributed by atoms with van der Waals surface area (Å²) in [4.78, 5) is 10.0. The number of aliphatic imine (C=N–C) groups is 1. The van der Waals surface area contributed by atoms with Crippen LogP contribution in [0.3, 0.4) is 0 Å². The molecule has 1 saturated heterocycles. The summed E-state index contributed by atoms with van der Waals surface area (Å²) < 4.78 is 41.4. The fourth-order valence-corrected chi connectivity index (χ4v) is 2.79. The lowest BCUT2D eigenvalue weighted by Gasteiger charge is -2.27. The molecule has 0 amide bonds. The van der Waals surface area contributed by atoms with Crippen molar-refractivity contribution < 1.29 is 17.9 Å². The summed E-state index contributed by atoms with van der Waals surface area (Å²) in [6.45, 7) is 0.408. The predicted octanol–water partition coefficient (Wildman–Crippen LogP) is 2.50. The van der Waals surface area contributed by atoms with Crippen LogP contribution in [0.5, 0.6) is 5.88 Å². The molecule has 0 unspecified atom stereocenters. The molecule has 1 fully saturated rings. The molecule has 0 saturated carbocycles. The SMILES string of the molecule is I.NC(=NCc1cccnc1OCC(F)(F)F)N1CCSCC1. The van der Waals surface area contributed by atoms with Crippen molar-refractivity contribution in [2.24, 2.45) is 10.7 Å². The van der Waals surface area contributed by atoms with E-state index < -0.39 is 12.8 Å². The van der Waals surface area contributed by atoms with Gasteiger partial charge in [0.25, 0.3) is 0 Å². The van der Waals surface area contributed by atoms with E-state index >= 15 is 0 Å². The van der Waals surface area contributed by atoms with Crippen molar-refractivity contribution in [1.82, 2.24) is 9.88 Å². The fraction of sp³-hybridized carbons (Fsp3) is 0.538. The number of pyridine rings is 1. The number of halogens is 4. The highest BCUT2D eigenvalue weighted by molar-refractivity contribution is 14.0. The van der Waals surface area contributed by atoms with Crippen LogP contribution in [0.25, 0.3) is 0 Å². The van der Waals surface area contributed by atoms with Gasteiger partial charge in [0.15, 0.2) is 12.6 Å². The summed E-state index contributed by atoms with van der Waals surface area (Å²) in [6, 6.07) is 3.25. The highest BCUT2D eigenvalue weighted by Crippen LogP contribution is 2.20. The standard InChI is InChI=1S/C13H17F3N4OS.HI/c14-13(15,16)9-21-11-10(2-1-3-18-11)8-19-12(17)20-4-6-22-7-5-20;/h1-3H,4-9H2,(H2,17,19);1H. The second-order valence-electron chi connectivity index (χ2n) is 4.65. The van der Waals surface area contributed by atoms with Crippen LogP contribution in [-0.4, -0.2) is 53.2 Å². The Labute approximate surface area is 153 Å². The zero-order chi connectivity index (χ0) is 16.0. The molecule has 1 aliphatic heterocycles. The van der Waals surface area contributed by atoms with Gasteiger partial charge in [-0.3, -0.25) is 0 Å². The molecule has 5 nitrogen and oxygen atoms in total. The van der Waals surface area contributed by atoms with Crippen LogP contribution in [-0.2, 0) is 6.54 Å². The van der Waals surface area contributed by atoms with Crippen molar-refractivity contribution in [1.29, 1.82) is 0 Å². The van der Waals surface area contributed by atoms with Gasteiger partial charge in [-0.25, -0.2) is 9.98 Å². The minimum atomic E-state index is -4.40. The molecule has 2 N–H and O–H groups in total. The molecule has 10 heteroatoms. The van der Waals surface area contributed by atoms with Crippen molar-refractivity contribution >= 4 is 41.7 Å². The summed E-state index contributed by atoms with van der Waals surface area (Å²) in [5, 5.41) is 0. The summed E-state index contributed by atoms with van der Waals surface area (Å²) in [7, 11) is 0. The van der Waals surface area contributed by atoms with Gasteiger partial charge in [-0.1, -0.05) is 6.07 Å². The number of nitrogens with zero attached hydrogens (tertiary/aromatic N) is 3. The number of guanidine groups is 1. The minimum absolute atomic E-state index is 0. The van der Waals surface area contributed by atoms with Crippen LogP contribution in [0.2, 0.25) is 0 Å². The van der Waals surface area contributed by atoms with Gasteiger partial charge < -0.3 is 15.4 Å². The molecule has 0 aromatic carbocycles. The molecule has 0 radical (unpaired) electrons. The normalized spacial score (nSPS) is 16.0. The van der Waals surface area contributed by atoms with Gasteiger partial charge in [-0.15, -0.1) is 24.0 Å². The average molecular weight is 462 g/mol. The van der Waals surface area contributed by atoms with Gasteiger partial charge in [0.05, 0.1) is 6.54 Å². The zero-order valence-electron chi connectivity index (χ0n) is 12.3. The highest BCUT2D eigenvalue weighted by Gasteiger charge is 2.29. The molecule has 1 aromatic rings. The van der Waals surface area contributed by atoms with E-state index in [0.29, 0.717) is 11.5 Å². The fourth-order valence-electron chi connectivity index (χ4n) is 1.88. The maximum absolute atomic E-state index is 12.2. The van der Waals surface area contributed by atoms with E-state index in [1.54, 1.807) is 12.1 Å². The highest BCUT2D eigenvalue weighted by atomic mass is 127. The van der Waals surface area contributed by atoms with Crippen LogP contribution >= 0.6 is 35.7 Å². The first-order chi connectivity index (χ1) is 10.5. The van der Waals surface area contributed by atoms with E-state index in [1.807, 2.05) is 16.7 Å². The molecule has 1 aliphatic rings. The zero-order valence-corrected chi connectivity index (χ0v) is 15.4. The number of hydrogen-bond acceptors (Lipinski definition) is 4. The van der Waals surface area contributed by atoms with Crippen molar-refractivity contribution in [2.75, 3.05) is 31.2 Å². The molecule has 0 atom stereocenters. The Hall–Kier alpha value is -0.910. The predicted molar refractivity (Wildman–Crippen MR) is 95.4 cm³/mol. The number of nitrogens with two attached hydrogens (primary N) is 1. The third kappa shape index (κ3) is 7.02. The van der Waals surface area contributed by atoms with E-state index in [4.69, 9.17) is 10.5 Å². The molecule has 0 aliphatic carbocycles. The van der Waals surface area contributed by atoms with Crippen LogP contribution in [0, 0.1) is 0 Å². The molecule has 23 heavy (non-hydrogen) atoms. The van der Waals surface area contributed by atoms with Gasteiger partial charge in [-0.05, 0) is 6.07 Å². The first-order valence-corrected chi connectivity index (χ1v) is 7.87. The van der Waals surface area contributed by atoms with E-state index in [1.165, 1.54) is 6.20 Å². The first kappa shape index (κ1) is 20.1. The van der Waals surface area contributed by atoms with Gasteiger partial charge in [0.2, 0.25) is 5.88 Å². The summed E-state index contributed by atoms with van der Waals surface area (Å²) in [6.07, 6.45) is -3.02. The monoisotopic (exact) mass is 462 g/mol. The molecule has 2 heterocycles. The molecular weight excluding hydrogens is 444 g/mol. The number of rotatable bonds is 4. The van der Waals surface area contributed by atoms with E-state index in [-0.39, 0.29) is 36.4 Å². The van der Waals surface area contributed by atoms with Crippen LogP contribution in [0.1, 0.15) is 5.56 Å². The quantitative estimate of drug-likeness (QED) is 0.424. The number of thioether (sulfide) groups is 1. The number of hydrogen-bond donors (Lipinski definition) is 1. The van der Waals surface area contributed by atoms with Crippen LogP contribution in [0.4, 0.5) is 13.2 Å². The lowest BCUT2D eigenvalue weighted by Crippen LogP contribution is -2.42. The summed E-state index contributed by atoms with van der Waals surface area (Å²) in [5.41, 5.74) is 6.39. The first-order valence-electron chi connectivity index (χ1n) is 6.72. The Morgan fingerprint density at radius 1 is 1.39 bits per heavy atom. The van der Waals surface area contributed by atoms with Gasteiger partial charge in [0, 0.05) is 36.4 Å². The molecule has 0 spiro atoms. The Balaban J connectivity index is 0.00000264. The van der Waals surface area contributed by atoms with E-state index in [2.05, 4.69) is 9.98 Å². The molecule has 0 bridgehead atoms. The van der Waals surface area contributed by atoms with Crippen molar-refractivity contribution in [2.45, 2.75) is 12.7 Å². The largest absolute Gasteiger partial charge is 0.468 e. The lowest BCUT2D eigenvalue weighted by atomic mass is 10.3. The maximum atomic E-state index is 12.2. The third-order valence-corrected chi connectivity index (χ3v) is 3.91. The van der Waals surface area contributed by atoms with Crippen LogP contribution in [0.15, 0.2) is 23.3 Å². The average Bonchev–Trinajstić information content (AvgIpc) is 2.51. The van der Waals surface area contributed by atoms with E-state index in [9.17, 15) is 13.2 Å². The Morgan fingerprint density at radius 2 is 2.09 bits per heavy atom. The number of ether oxygens (including phenoxy) is 1. The Kier molecular flexibility index (Phi) is 8.23. The Bertz CT molecular complexity index is 524. The number of aromatic nitrogens is 1. The topological polar surface area (TPSA) is 63.7 Å². The van der Waals surface area contributed by atoms with Crippen molar-refractivity contribution in [3.8, 4) is 5.88 Å². The van der Waals surface area contributed by atoms with Crippen LogP contribution < -0.4 is 10.5 Å². The molecule has 2 rings (SSSR count). The minimum Gasteiger partial charge on any atom is -0.468 e. The molecule has 1 aromatic heterocycles. The lowest BCUT2D eigenvalue weighted by molar-refractivity contribution is -0.154. The second-order valence-corrected chi connectivity index (χ2v) is 5.87. The smallest absolute Gasteiger partial charge is 0.422 e. The third-order valence-electron chi connectivity index (χ3n) is 2.97. The second kappa shape index (κ2) is 9.40. The van der Waals surface area contributed by atoms with Crippen molar-refractivity contribution in [3.63, 3.8) is 0 Å². The van der Waals surface area contributed by atoms with Gasteiger partial charge >= 0.3 is 6.18 Å². The maximum Gasteiger partial charge on any atom is 0.422 e. The molecule has 130 valence electrons. The van der Waals surface area contributed by atoms with Gasteiger partial charge in [0.1, 0.15) is 0 Å². The summed E-state index contributed by atoms with van der Waals surface area (Å²) in [5.74, 6) is 2.31.